The Balaban J connectivity index is 3.32. The Bertz CT molecular complexity index is 86.1. The van der Waals surface area contributed by atoms with Crippen LogP contribution in [-0.4, -0.2) is 27.6 Å². The van der Waals surface area contributed by atoms with Gasteiger partial charge in [-0.15, -0.1) is 0 Å². The average molecular weight is 136 g/mol. The van der Waals surface area contributed by atoms with Gasteiger partial charge in [-0.05, 0) is 7.05 Å². The van der Waals surface area contributed by atoms with Crippen molar-refractivity contribution in [3.63, 3.8) is 0 Å². The van der Waals surface area contributed by atoms with Gasteiger partial charge in [0.2, 0.25) is 0 Å². The molecule has 3 nitrogen and oxygen atoms in total. The summed E-state index contributed by atoms with van der Waals surface area (Å²) in [5.41, 5.74) is 0. The first-order valence-corrected chi connectivity index (χ1v) is 3.55. The first-order valence-electron chi connectivity index (χ1n) is 2.41. The summed E-state index contributed by atoms with van der Waals surface area (Å²) >= 11 is -1.92. The first kappa shape index (κ1) is 8.07. The number of rotatable bonds is 3. The van der Waals surface area contributed by atoms with E-state index in [0.29, 0.717) is 6.54 Å². The summed E-state index contributed by atoms with van der Waals surface area (Å²) in [6, 6.07) is 0. The van der Waals surface area contributed by atoms with Gasteiger partial charge in [-0.25, -0.2) is 0 Å². The minimum atomic E-state index is -1.92. The van der Waals surface area contributed by atoms with Gasteiger partial charge in [-0.2, -0.15) is 0 Å². The SMILES string of the molecule is CNCC(C)S(=O)[O-]. The second-order valence-corrected chi connectivity index (χ2v) is 2.95. The molecule has 0 radical (unpaired) electrons. The molecule has 0 rings (SSSR count). The topological polar surface area (TPSA) is 52.2 Å². The Morgan fingerprint density at radius 3 is 2.50 bits per heavy atom. The van der Waals surface area contributed by atoms with E-state index in [4.69, 9.17) is 0 Å². The Morgan fingerprint density at radius 2 is 2.38 bits per heavy atom. The van der Waals surface area contributed by atoms with Gasteiger partial charge in [0.1, 0.15) is 0 Å². The monoisotopic (exact) mass is 136 g/mol. The molecule has 50 valence electrons. The zero-order valence-electron chi connectivity index (χ0n) is 5.01. The highest BCUT2D eigenvalue weighted by molar-refractivity contribution is 7.79. The largest absolute Gasteiger partial charge is 0.772 e. The van der Waals surface area contributed by atoms with Crippen molar-refractivity contribution in [2.75, 3.05) is 13.6 Å². The highest BCUT2D eigenvalue weighted by Crippen LogP contribution is 1.86. The van der Waals surface area contributed by atoms with Crippen LogP contribution in [0, 0.1) is 0 Å². The summed E-state index contributed by atoms with van der Waals surface area (Å²) in [7, 11) is 1.73. The minimum absolute atomic E-state index is 0.278. The van der Waals surface area contributed by atoms with Crippen molar-refractivity contribution in [1.29, 1.82) is 0 Å². The van der Waals surface area contributed by atoms with Crippen molar-refractivity contribution < 1.29 is 8.76 Å². The van der Waals surface area contributed by atoms with Crippen LogP contribution in [0.1, 0.15) is 6.92 Å². The maximum atomic E-state index is 10.0. The molecule has 0 heterocycles. The second-order valence-electron chi connectivity index (χ2n) is 1.63. The van der Waals surface area contributed by atoms with Crippen LogP contribution in [0.3, 0.4) is 0 Å². The zero-order chi connectivity index (χ0) is 6.57. The fraction of sp³-hybridized carbons (Fsp3) is 1.00. The maximum Gasteiger partial charge on any atom is 0.0312 e. The molecule has 0 aliphatic heterocycles. The van der Waals surface area contributed by atoms with E-state index in [2.05, 4.69) is 5.32 Å². The summed E-state index contributed by atoms with van der Waals surface area (Å²) in [5.74, 6) is 0. The van der Waals surface area contributed by atoms with E-state index < -0.39 is 11.1 Å². The maximum absolute atomic E-state index is 10.0. The van der Waals surface area contributed by atoms with Crippen LogP contribution in [-0.2, 0) is 11.1 Å². The predicted octanol–water partition coefficient (Wildman–Crippen LogP) is -0.527. The molecular formula is C4H10NO2S-. The minimum Gasteiger partial charge on any atom is -0.772 e. The van der Waals surface area contributed by atoms with Gasteiger partial charge < -0.3 is 9.87 Å². The number of nitrogens with one attached hydrogen (secondary N) is 1. The Hall–Kier alpha value is 0.0700. The van der Waals surface area contributed by atoms with Crippen LogP contribution in [0.25, 0.3) is 0 Å². The molecule has 0 amide bonds. The normalized spacial score (nSPS) is 17.9. The Labute approximate surface area is 51.8 Å². The van der Waals surface area contributed by atoms with E-state index in [1.54, 1.807) is 14.0 Å². The van der Waals surface area contributed by atoms with E-state index in [9.17, 15) is 8.76 Å². The van der Waals surface area contributed by atoms with Crippen LogP contribution < -0.4 is 5.32 Å². The second kappa shape index (κ2) is 4.00. The molecule has 0 aromatic carbocycles. The third kappa shape index (κ3) is 3.12. The van der Waals surface area contributed by atoms with Gasteiger partial charge in [-0.3, -0.25) is 4.21 Å². The molecule has 0 spiro atoms. The predicted molar refractivity (Wildman–Crippen MR) is 32.3 cm³/mol. The highest BCUT2D eigenvalue weighted by Gasteiger charge is 1.96. The van der Waals surface area contributed by atoms with E-state index in [0.717, 1.165) is 0 Å². The lowest BCUT2D eigenvalue weighted by atomic mass is 10.5. The van der Waals surface area contributed by atoms with Gasteiger partial charge in [0.15, 0.2) is 0 Å². The molecule has 0 saturated carbocycles. The lowest BCUT2D eigenvalue weighted by molar-refractivity contribution is 0.521. The quantitative estimate of drug-likeness (QED) is 0.531. The molecule has 2 atom stereocenters. The number of hydrogen-bond donors (Lipinski definition) is 1. The van der Waals surface area contributed by atoms with Crippen molar-refractivity contribution in [2.45, 2.75) is 12.2 Å². The zero-order valence-corrected chi connectivity index (χ0v) is 5.83. The summed E-state index contributed by atoms with van der Waals surface area (Å²) < 4.78 is 20.1. The van der Waals surface area contributed by atoms with E-state index in [-0.39, 0.29) is 5.25 Å². The molecule has 0 aromatic heterocycles. The van der Waals surface area contributed by atoms with Gasteiger partial charge in [0, 0.05) is 11.8 Å². The highest BCUT2D eigenvalue weighted by atomic mass is 32.2. The Morgan fingerprint density at radius 1 is 1.88 bits per heavy atom. The van der Waals surface area contributed by atoms with Gasteiger partial charge >= 0.3 is 0 Å². The van der Waals surface area contributed by atoms with Crippen LogP contribution in [0.5, 0.6) is 0 Å². The molecule has 0 fully saturated rings. The molecule has 2 unspecified atom stereocenters. The lowest BCUT2D eigenvalue weighted by Crippen LogP contribution is -2.24. The summed E-state index contributed by atoms with van der Waals surface area (Å²) in [4.78, 5) is 0. The van der Waals surface area contributed by atoms with Crippen molar-refractivity contribution >= 4 is 11.1 Å². The molecule has 0 aliphatic carbocycles. The average Bonchev–Trinajstić information content (AvgIpc) is 1.67. The van der Waals surface area contributed by atoms with Crippen molar-refractivity contribution in [1.82, 2.24) is 5.32 Å². The fourth-order valence-electron chi connectivity index (χ4n) is 0.355. The van der Waals surface area contributed by atoms with Crippen LogP contribution in [0.15, 0.2) is 0 Å². The lowest BCUT2D eigenvalue weighted by Gasteiger charge is -2.12. The van der Waals surface area contributed by atoms with E-state index >= 15 is 0 Å². The van der Waals surface area contributed by atoms with Crippen LogP contribution in [0.2, 0.25) is 0 Å². The van der Waals surface area contributed by atoms with Crippen molar-refractivity contribution in [3.05, 3.63) is 0 Å². The molecule has 0 aromatic rings. The molecule has 8 heavy (non-hydrogen) atoms. The standard InChI is InChI=1S/C4H11NO2S/c1-4(3-5-2)8(6)7/h4-5H,3H2,1-2H3,(H,6,7)/p-1. The summed E-state index contributed by atoms with van der Waals surface area (Å²) in [5, 5.41) is 2.48. The molecule has 1 N–H and O–H groups in total. The summed E-state index contributed by atoms with van der Waals surface area (Å²) in [6.07, 6.45) is 0. The van der Waals surface area contributed by atoms with Crippen molar-refractivity contribution in [3.8, 4) is 0 Å². The molecule has 4 heteroatoms. The third-order valence-electron chi connectivity index (χ3n) is 0.820. The van der Waals surface area contributed by atoms with Gasteiger partial charge in [0.25, 0.3) is 0 Å². The fourth-order valence-corrected chi connectivity index (χ4v) is 0.658. The Kier molecular flexibility index (Phi) is 4.03. The van der Waals surface area contributed by atoms with Crippen LogP contribution in [0.4, 0.5) is 0 Å². The molecule has 0 aliphatic rings. The van der Waals surface area contributed by atoms with Gasteiger partial charge in [-0.1, -0.05) is 18.0 Å². The van der Waals surface area contributed by atoms with Gasteiger partial charge in [0.05, 0.1) is 0 Å². The molecule has 0 saturated heterocycles. The van der Waals surface area contributed by atoms with Crippen LogP contribution >= 0.6 is 0 Å². The number of hydrogen-bond acceptors (Lipinski definition) is 3. The first-order chi connectivity index (χ1) is 3.68. The third-order valence-corrected chi connectivity index (χ3v) is 1.64. The summed E-state index contributed by atoms with van der Waals surface area (Å²) in [6.45, 7) is 2.18. The molecular weight excluding hydrogens is 126 g/mol. The van der Waals surface area contributed by atoms with E-state index in [1.165, 1.54) is 0 Å². The smallest absolute Gasteiger partial charge is 0.0312 e. The van der Waals surface area contributed by atoms with Crippen molar-refractivity contribution in [2.24, 2.45) is 0 Å². The van der Waals surface area contributed by atoms with E-state index in [1.807, 2.05) is 0 Å². The molecule has 0 bridgehead atoms.